The van der Waals surface area contributed by atoms with E-state index in [2.05, 4.69) is 26.4 Å². The van der Waals surface area contributed by atoms with E-state index >= 15 is 0 Å². The number of aromatic amines is 1. The number of aromatic nitrogens is 4. The molecule has 1 aromatic carbocycles. The quantitative estimate of drug-likeness (QED) is 0.445. The Bertz CT molecular complexity index is 857. The number of nitrogens with one attached hydrogen (secondary N) is 1. The Kier molecular flexibility index (Phi) is 6.70. The largest absolute Gasteiger partial charge is 0.465 e. The first-order valence-corrected chi connectivity index (χ1v) is 10.0. The highest BCUT2D eigenvalue weighted by atomic mass is 32.2. The molecule has 2 heterocycles. The van der Waals surface area contributed by atoms with Crippen LogP contribution in [0.15, 0.2) is 48.0 Å². The summed E-state index contributed by atoms with van der Waals surface area (Å²) >= 11 is 1.66. The van der Waals surface area contributed by atoms with Gasteiger partial charge in [0.05, 0.1) is 12.7 Å². The Morgan fingerprint density at radius 2 is 2.07 bits per heavy atom. The molecule has 3 aromatic rings. The second kappa shape index (κ2) is 9.41. The van der Waals surface area contributed by atoms with E-state index in [4.69, 9.17) is 4.74 Å². The van der Waals surface area contributed by atoms with Crippen molar-refractivity contribution in [1.29, 1.82) is 0 Å². The van der Waals surface area contributed by atoms with Gasteiger partial charge in [-0.15, -0.1) is 0 Å². The van der Waals surface area contributed by atoms with Crippen LogP contribution in [0.5, 0.6) is 0 Å². The van der Waals surface area contributed by atoms with Gasteiger partial charge in [-0.2, -0.15) is 0 Å². The number of rotatable bonds is 9. The molecule has 0 amide bonds. The summed E-state index contributed by atoms with van der Waals surface area (Å²) < 4.78 is 7.04. The predicted molar refractivity (Wildman–Crippen MR) is 106 cm³/mol. The number of imidazole rings is 2. The molecule has 0 saturated heterocycles. The van der Waals surface area contributed by atoms with E-state index in [0.29, 0.717) is 5.56 Å². The van der Waals surface area contributed by atoms with Crippen LogP contribution in [0.3, 0.4) is 0 Å². The molecule has 0 radical (unpaired) electrons. The summed E-state index contributed by atoms with van der Waals surface area (Å²) in [5.41, 5.74) is 2.86. The number of hydrogen-bond donors (Lipinski definition) is 1. The van der Waals surface area contributed by atoms with Gasteiger partial charge >= 0.3 is 5.97 Å². The van der Waals surface area contributed by atoms with Crippen LogP contribution in [0.4, 0.5) is 0 Å². The minimum absolute atomic E-state index is 0.316. The van der Waals surface area contributed by atoms with E-state index in [9.17, 15) is 4.79 Å². The molecule has 27 heavy (non-hydrogen) atoms. The highest BCUT2D eigenvalue weighted by Crippen LogP contribution is 2.21. The van der Waals surface area contributed by atoms with Crippen LogP contribution < -0.4 is 0 Å². The number of benzene rings is 1. The fourth-order valence-electron chi connectivity index (χ4n) is 2.82. The van der Waals surface area contributed by atoms with Crippen molar-refractivity contribution in [2.75, 3.05) is 7.11 Å². The third-order valence-electron chi connectivity index (χ3n) is 4.32. The number of esters is 1. The average molecular weight is 385 g/mol. The van der Waals surface area contributed by atoms with Crippen molar-refractivity contribution >= 4 is 17.7 Å². The second-order valence-electron chi connectivity index (χ2n) is 6.23. The van der Waals surface area contributed by atoms with E-state index < -0.39 is 0 Å². The lowest BCUT2D eigenvalue weighted by molar-refractivity contribution is 0.0600. The van der Waals surface area contributed by atoms with Gasteiger partial charge in [-0.05, 0) is 24.1 Å². The van der Waals surface area contributed by atoms with Crippen molar-refractivity contribution in [1.82, 2.24) is 19.5 Å². The minimum Gasteiger partial charge on any atom is -0.465 e. The van der Waals surface area contributed by atoms with Gasteiger partial charge in [0.1, 0.15) is 5.82 Å². The van der Waals surface area contributed by atoms with Gasteiger partial charge in [-0.3, -0.25) is 0 Å². The molecule has 0 spiro atoms. The van der Waals surface area contributed by atoms with E-state index in [1.165, 1.54) is 12.8 Å². The standard InChI is InChI=1S/C20H24N4O2S/c1-3-4-5-18-23-12-17(14-27-20-21-10-11-22-20)24(18)13-15-6-8-16(9-7-15)19(25)26-2/h6-12H,3-5,13-14H2,1-2H3,(H,21,22). The van der Waals surface area contributed by atoms with Gasteiger partial charge in [0, 0.05) is 43.0 Å². The molecule has 2 aromatic heterocycles. The lowest BCUT2D eigenvalue weighted by Crippen LogP contribution is -2.09. The SMILES string of the molecule is CCCCc1ncc(CSc2ncc[nH]2)n1Cc1ccc(C(=O)OC)cc1. The summed E-state index contributed by atoms with van der Waals surface area (Å²) in [7, 11) is 1.39. The number of unbranched alkanes of at least 4 members (excludes halogenated alkanes) is 1. The predicted octanol–water partition coefficient (Wildman–Crippen LogP) is 4.08. The van der Waals surface area contributed by atoms with Crippen LogP contribution in [0.1, 0.15) is 47.2 Å². The van der Waals surface area contributed by atoms with Crippen molar-refractivity contribution < 1.29 is 9.53 Å². The van der Waals surface area contributed by atoms with Crippen molar-refractivity contribution in [3.63, 3.8) is 0 Å². The first-order chi connectivity index (χ1) is 13.2. The van der Waals surface area contributed by atoms with Crippen molar-refractivity contribution in [3.05, 3.63) is 65.5 Å². The summed E-state index contributed by atoms with van der Waals surface area (Å²) in [6.45, 7) is 2.92. The lowest BCUT2D eigenvalue weighted by Gasteiger charge is -2.12. The van der Waals surface area contributed by atoms with Crippen molar-refractivity contribution in [2.45, 2.75) is 43.6 Å². The minimum atomic E-state index is -0.316. The van der Waals surface area contributed by atoms with Crippen LogP contribution in [0.2, 0.25) is 0 Å². The summed E-state index contributed by atoms with van der Waals surface area (Å²) in [5.74, 6) is 1.58. The number of carbonyl (C=O) groups excluding carboxylic acids is 1. The zero-order chi connectivity index (χ0) is 19.1. The Morgan fingerprint density at radius 3 is 2.74 bits per heavy atom. The molecule has 0 aliphatic heterocycles. The molecule has 142 valence electrons. The van der Waals surface area contributed by atoms with Gasteiger partial charge in [-0.1, -0.05) is 37.2 Å². The van der Waals surface area contributed by atoms with Crippen LogP contribution in [0, 0.1) is 0 Å². The molecule has 0 atom stereocenters. The monoisotopic (exact) mass is 384 g/mol. The molecule has 0 aliphatic rings. The maximum absolute atomic E-state index is 11.6. The third-order valence-corrected chi connectivity index (χ3v) is 5.26. The van der Waals surface area contributed by atoms with E-state index in [1.807, 2.05) is 24.5 Å². The summed E-state index contributed by atoms with van der Waals surface area (Å²) in [6, 6.07) is 7.56. The highest BCUT2D eigenvalue weighted by molar-refractivity contribution is 7.98. The van der Waals surface area contributed by atoms with Crippen LogP contribution >= 0.6 is 11.8 Å². The van der Waals surface area contributed by atoms with Crippen molar-refractivity contribution in [3.8, 4) is 0 Å². The molecule has 6 nitrogen and oxygen atoms in total. The summed E-state index contributed by atoms with van der Waals surface area (Å²) in [5, 5.41) is 0.903. The average Bonchev–Trinajstić information content (AvgIpc) is 3.35. The summed E-state index contributed by atoms with van der Waals surface area (Å²) in [4.78, 5) is 23.7. The number of carbonyl (C=O) groups is 1. The summed E-state index contributed by atoms with van der Waals surface area (Å²) in [6.07, 6.45) is 8.76. The molecular weight excluding hydrogens is 360 g/mol. The fraction of sp³-hybridized carbons (Fsp3) is 0.350. The van der Waals surface area contributed by atoms with E-state index in [0.717, 1.165) is 48.1 Å². The Morgan fingerprint density at radius 1 is 1.26 bits per heavy atom. The molecule has 0 fully saturated rings. The van der Waals surface area contributed by atoms with E-state index in [-0.39, 0.29) is 5.97 Å². The molecule has 3 rings (SSSR count). The van der Waals surface area contributed by atoms with Gasteiger partial charge in [0.15, 0.2) is 5.16 Å². The van der Waals surface area contributed by atoms with Gasteiger partial charge in [-0.25, -0.2) is 14.8 Å². The number of H-pyrrole nitrogens is 1. The molecule has 0 bridgehead atoms. The first kappa shape index (κ1) is 19.2. The van der Waals surface area contributed by atoms with Gasteiger partial charge < -0.3 is 14.3 Å². The Balaban J connectivity index is 1.78. The maximum atomic E-state index is 11.6. The number of nitrogens with zero attached hydrogens (tertiary/aromatic N) is 3. The topological polar surface area (TPSA) is 72.8 Å². The fourth-order valence-corrected chi connectivity index (χ4v) is 3.62. The Hall–Kier alpha value is -2.54. The maximum Gasteiger partial charge on any atom is 0.337 e. The zero-order valence-electron chi connectivity index (χ0n) is 15.6. The van der Waals surface area contributed by atoms with Gasteiger partial charge in [0.2, 0.25) is 0 Å². The Labute approximate surface area is 163 Å². The molecule has 0 saturated carbocycles. The normalized spacial score (nSPS) is 10.9. The number of aryl methyl sites for hydroxylation is 1. The number of thioether (sulfide) groups is 1. The smallest absolute Gasteiger partial charge is 0.337 e. The molecule has 0 unspecified atom stereocenters. The lowest BCUT2D eigenvalue weighted by atomic mass is 10.1. The van der Waals surface area contributed by atoms with E-state index in [1.54, 1.807) is 30.1 Å². The molecular formula is C20H24N4O2S. The number of hydrogen-bond acceptors (Lipinski definition) is 5. The number of ether oxygens (including phenoxy) is 1. The van der Waals surface area contributed by atoms with Crippen LogP contribution in [-0.2, 0) is 23.5 Å². The molecule has 7 heteroatoms. The van der Waals surface area contributed by atoms with Crippen LogP contribution in [0.25, 0.3) is 0 Å². The van der Waals surface area contributed by atoms with Gasteiger partial charge in [0.25, 0.3) is 0 Å². The highest BCUT2D eigenvalue weighted by Gasteiger charge is 2.12. The second-order valence-corrected chi connectivity index (χ2v) is 7.19. The molecule has 1 N–H and O–H groups in total. The van der Waals surface area contributed by atoms with Crippen molar-refractivity contribution in [2.24, 2.45) is 0 Å². The van der Waals surface area contributed by atoms with Crippen LogP contribution in [-0.4, -0.2) is 32.6 Å². The number of methoxy groups -OCH3 is 1. The molecule has 0 aliphatic carbocycles. The first-order valence-electron chi connectivity index (χ1n) is 9.04. The third kappa shape index (κ3) is 5.01. The zero-order valence-corrected chi connectivity index (χ0v) is 16.5.